The Bertz CT molecular complexity index is 804. The van der Waals surface area contributed by atoms with Crippen LogP contribution in [0.2, 0.25) is 0 Å². The van der Waals surface area contributed by atoms with Gasteiger partial charge in [-0.2, -0.15) is 0 Å². The zero-order valence-electron chi connectivity index (χ0n) is 16.0. The van der Waals surface area contributed by atoms with Gasteiger partial charge in [0.25, 0.3) is 5.91 Å². The largest absolute Gasteiger partial charge is 0.493 e. The number of rotatable bonds is 6. The number of hydrazine groups is 1. The molecule has 2 rings (SSSR count). The number of hydrogen-bond acceptors (Lipinski definition) is 4. The molecule has 0 spiro atoms. The monoisotopic (exact) mass is 387 g/mol. The molecule has 1 amide bonds. The third kappa shape index (κ3) is 6.14. The summed E-state index contributed by atoms with van der Waals surface area (Å²) >= 11 is 5.23. The van der Waals surface area contributed by atoms with Crippen molar-refractivity contribution >= 4 is 28.9 Å². The Kier molecular flexibility index (Phi) is 7.43. The molecule has 0 aliphatic rings. The van der Waals surface area contributed by atoms with Crippen LogP contribution in [-0.4, -0.2) is 24.7 Å². The van der Waals surface area contributed by atoms with Crippen molar-refractivity contribution in [3.63, 3.8) is 0 Å². The topological polar surface area (TPSA) is 71.6 Å². The summed E-state index contributed by atoms with van der Waals surface area (Å²) in [6, 6.07) is 11.0. The van der Waals surface area contributed by atoms with Crippen molar-refractivity contribution in [2.45, 2.75) is 27.2 Å². The van der Waals surface area contributed by atoms with Gasteiger partial charge in [0.05, 0.1) is 13.7 Å². The fourth-order valence-corrected chi connectivity index (χ4v) is 2.70. The van der Waals surface area contributed by atoms with E-state index >= 15 is 0 Å². The summed E-state index contributed by atoms with van der Waals surface area (Å²) in [4.78, 5) is 12.3. The first-order valence-electron chi connectivity index (χ1n) is 8.69. The highest BCUT2D eigenvalue weighted by Gasteiger charge is 2.11. The predicted molar refractivity (Wildman–Crippen MR) is 112 cm³/mol. The smallest absolute Gasteiger partial charge is 0.269 e. The first-order valence-corrected chi connectivity index (χ1v) is 9.10. The normalized spacial score (nSPS) is 10.1. The van der Waals surface area contributed by atoms with Gasteiger partial charge in [-0.25, -0.2) is 0 Å². The number of ether oxygens (including phenoxy) is 2. The molecule has 0 saturated heterocycles. The van der Waals surface area contributed by atoms with Gasteiger partial charge < -0.3 is 14.8 Å². The van der Waals surface area contributed by atoms with Crippen LogP contribution in [0.1, 0.15) is 34.8 Å². The van der Waals surface area contributed by atoms with Crippen molar-refractivity contribution in [2.24, 2.45) is 0 Å². The summed E-state index contributed by atoms with van der Waals surface area (Å²) in [5, 5.41) is 3.34. The van der Waals surface area contributed by atoms with Crippen LogP contribution in [0.3, 0.4) is 0 Å². The molecule has 0 atom stereocenters. The summed E-state index contributed by atoms with van der Waals surface area (Å²) < 4.78 is 10.9. The number of benzene rings is 2. The Balaban J connectivity index is 1.95. The lowest BCUT2D eigenvalue weighted by Crippen LogP contribution is -2.43. The molecule has 0 radical (unpaired) electrons. The molecular formula is C20H25N3O3S. The van der Waals surface area contributed by atoms with E-state index in [1.165, 1.54) is 7.11 Å². The minimum Gasteiger partial charge on any atom is -0.493 e. The maximum atomic E-state index is 12.3. The molecule has 2 aromatic rings. The molecular weight excluding hydrogens is 362 g/mol. The highest BCUT2D eigenvalue weighted by atomic mass is 32.1. The highest BCUT2D eigenvalue weighted by molar-refractivity contribution is 7.80. The number of carbonyl (C=O) groups excluding carboxylic acids is 1. The zero-order valence-corrected chi connectivity index (χ0v) is 16.8. The molecule has 0 aromatic heterocycles. The summed E-state index contributed by atoms with van der Waals surface area (Å²) in [6.45, 7) is 6.63. The molecule has 0 aliphatic heterocycles. The summed E-state index contributed by atoms with van der Waals surface area (Å²) in [5.41, 5.74) is 8.82. The Hall–Kier alpha value is -2.80. The van der Waals surface area contributed by atoms with E-state index in [1.54, 1.807) is 18.2 Å². The van der Waals surface area contributed by atoms with Crippen molar-refractivity contribution in [3.8, 4) is 11.5 Å². The molecule has 0 bridgehead atoms. The molecule has 2 aromatic carbocycles. The van der Waals surface area contributed by atoms with Gasteiger partial charge in [-0.3, -0.25) is 15.6 Å². The van der Waals surface area contributed by atoms with Crippen LogP contribution in [0.4, 0.5) is 5.69 Å². The van der Waals surface area contributed by atoms with Crippen LogP contribution in [0, 0.1) is 13.8 Å². The molecule has 27 heavy (non-hydrogen) atoms. The maximum absolute atomic E-state index is 12.3. The van der Waals surface area contributed by atoms with E-state index in [9.17, 15) is 4.79 Å². The van der Waals surface area contributed by atoms with Crippen LogP contribution < -0.4 is 25.6 Å². The van der Waals surface area contributed by atoms with Gasteiger partial charge in [-0.05, 0) is 73.9 Å². The second-order valence-corrected chi connectivity index (χ2v) is 6.53. The average Bonchev–Trinajstić information content (AvgIpc) is 2.63. The van der Waals surface area contributed by atoms with Crippen molar-refractivity contribution in [2.75, 3.05) is 19.0 Å². The summed E-state index contributed by atoms with van der Waals surface area (Å²) in [7, 11) is 1.54. The number of thiocarbonyl (C=S) groups is 1. The average molecular weight is 388 g/mol. The molecule has 3 N–H and O–H groups in total. The number of nitrogens with one attached hydrogen (secondary N) is 3. The number of methoxy groups -OCH3 is 1. The van der Waals surface area contributed by atoms with Crippen molar-refractivity contribution in [3.05, 3.63) is 53.1 Å². The van der Waals surface area contributed by atoms with Crippen LogP contribution in [0.5, 0.6) is 11.5 Å². The molecule has 0 aliphatic carbocycles. The van der Waals surface area contributed by atoms with Crippen LogP contribution >= 0.6 is 12.2 Å². The molecule has 144 valence electrons. The number of anilines is 1. The minimum absolute atomic E-state index is 0.295. The fraction of sp³-hybridized carbons (Fsp3) is 0.300. The van der Waals surface area contributed by atoms with Crippen LogP contribution in [-0.2, 0) is 0 Å². The SMILES string of the molecule is CCCOc1ccc(C(=O)NNC(=S)Nc2cc(C)cc(C)c2)cc1OC. The van der Waals surface area contributed by atoms with E-state index in [-0.39, 0.29) is 5.91 Å². The molecule has 0 fully saturated rings. The molecule has 0 unspecified atom stereocenters. The summed E-state index contributed by atoms with van der Waals surface area (Å²) in [6.07, 6.45) is 0.889. The lowest BCUT2D eigenvalue weighted by Gasteiger charge is -2.14. The van der Waals surface area contributed by atoms with Crippen molar-refractivity contribution < 1.29 is 14.3 Å². The second kappa shape index (κ2) is 9.78. The number of carbonyl (C=O) groups is 1. The Morgan fingerprint density at radius 1 is 1.04 bits per heavy atom. The van der Waals surface area contributed by atoms with E-state index < -0.39 is 0 Å². The van der Waals surface area contributed by atoms with E-state index in [2.05, 4.69) is 22.2 Å². The van der Waals surface area contributed by atoms with E-state index in [0.29, 0.717) is 28.8 Å². The standard InChI is InChI=1S/C20H25N3O3S/c1-5-8-26-17-7-6-15(12-18(17)25-4)19(24)22-23-20(27)21-16-10-13(2)9-14(3)11-16/h6-7,9-12H,5,8H2,1-4H3,(H,22,24)(H2,21,23,27). The first-order chi connectivity index (χ1) is 12.9. The van der Waals surface area contributed by atoms with E-state index in [0.717, 1.165) is 23.2 Å². The number of aryl methyl sites for hydroxylation is 2. The zero-order chi connectivity index (χ0) is 19.8. The van der Waals surface area contributed by atoms with Gasteiger partial charge >= 0.3 is 0 Å². The Morgan fingerprint density at radius 2 is 1.74 bits per heavy atom. The molecule has 0 heterocycles. The first kappa shape index (κ1) is 20.5. The van der Waals surface area contributed by atoms with Crippen LogP contribution in [0.25, 0.3) is 0 Å². The van der Waals surface area contributed by atoms with Crippen molar-refractivity contribution in [1.82, 2.24) is 10.9 Å². The third-order valence-electron chi connectivity index (χ3n) is 3.66. The lowest BCUT2D eigenvalue weighted by atomic mass is 10.1. The summed E-state index contributed by atoms with van der Waals surface area (Å²) in [5.74, 6) is 0.780. The van der Waals surface area contributed by atoms with E-state index in [4.69, 9.17) is 21.7 Å². The number of amides is 1. The molecule has 0 saturated carbocycles. The number of hydrogen-bond donors (Lipinski definition) is 3. The fourth-order valence-electron chi connectivity index (χ4n) is 2.53. The minimum atomic E-state index is -0.333. The Morgan fingerprint density at radius 3 is 2.37 bits per heavy atom. The predicted octanol–water partition coefficient (Wildman–Crippen LogP) is 3.73. The van der Waals surface area contributed by atoms with Gasteiger partial charge in [0.15, 0.2) is 16.6 Å². The van der Waals surface area contributed by atoms with Gasteiger partial charge in [-0.15, -0.1) is 0 Å². The molecule has 6 nitrogen and oxygen atoms in total. The highest BCUT2D eigenvalue weighted by Crippen LogP contribution is 2.28. The maximum Gasteiger partial charge on any atom is 0.269 e. The van der Waals surface area contributed by atoms with Gasteiger partial charge in [0.2, 0.25) is 0 Å². The van der Waals surface area contributed by atoms with Gasteiger partial charge in [0.1, 0.15) is 0 Å². The van der Waals surface area contributed by atoms with Crippen molar-refractivity contribution in [1.29, 1.82) is 0 Å². The second-order valence-electron chi connectivity index (χ2n) is 6.12. The van der Waals surface area contributed by atoms with Gasteiger partial charge in [0, 0.05) is 11.3 Å². The Labute approximate surface area is 165 Å². The van der Waals surface area contributed by atoms with Gasteiger partial charge in [-0.1, -0.05) is 13.0 Å². The third-order valence-corrected chi connectivity index (χ3v) is 3.86. The van der Waals surface area contributed by atoms with E-state index in [1.807, 2.05) is 32.9 Å². The lowest BCUT2D eigenvalue weighted by molar-refractivity contribution is 0.0943. The van der Waals surface area contributed by atoms with Crippen LogP contribution in [0.15, 0.2) is 36.4 Å². The molecule has 7 heteroatoms. The quantitative estimate of drug-likeness (QED) is 0.518.